The van der Waals surface area contributed by atoms with Crippen molar-refractivity contribution in [2.24, 2.45) is 4.99 Å². The lowest BCUT2D eigenvalue weighted by Gasteiger charge is -2.08. The summed E-state index contributed by atoms with van der Waals surface area (Å²) in [5.74, 6) is 0.0192. The maximum absolute atomic E-state index is 12.7. The van der Waals surface area contributed by atoms with E-state index in [9.17, 15) is 9.90 Å². The number of aromatic nitrogens is 1. The summed E-state index contributed by atoms with van der Waals surface area (Å²) in [7, 11) is 0. The van der Waals surface area contributed by atoms with Crippen molar-refractivity contribution in [3.05, 3.63) is 112 Å². The molecule has 2 heterocycles. The van der Waals surface area contributed by atoms with Crippen LogP contribution < -0.4 is 4.74 Å². The number of thioether (sulfide) groups is 1. The standard InChI is InChI=1S/C30H25ClN2O4S/c1-2-36-30(35)27-28(34)26(38-29(27)32-22-8-4-3-5-9-22)18-20-19-33(25-11-7-6-10-24(20)25)16-17-37-23-14-12-21(31)13-15-23/h3-15,18-19,34H,2,16-17H2,1H3/b26-18-,32-29?. The minimum Gasteiger partial charge on any atom is -0.506 e. The number of nitrogens with zero attached hydrogens (tertiary/aromatic N) is 2. The van der Waals surface area contributed by atoms with Crippen molar-refractivity contribution in [2.45, 2.75) is 13.5 Å². The fourth-order valence-corrected chi connectivity index (χ4v) is 5.27. The van der Waals surface area contributed by atoms with Crippen LogP contribution in [-0.4, -0.2) is 33.9 Å². The van der Waals surface area contributed by atoms with E-state index in [-0.39, 0.29) is 17.9 Å². The van der Waals surface area contributed by atoms with Gasteiger partial charge in [0.1, 0.15) is 28.7 Å². The quantitative estimate of drug-likeness (QED) is 0.232. The number of aliphatic hydroxyl groups excluding tert-OH is 1. The van der Waals surface area contributed by atoms with Crippen LogP contribution in [0.2, 0.25) is 5.02 Å². The molecule has 1 aromatic heterocycles. The van der Waals surface area contributed by atoms with Crippen LogP contribution in [0.4, 0.5) is 5.69 Å². The molecule has 1 N–H and O–H groups in total. The van der Waals surface area contributed by atoms with E-state index in [0.29, 0.717) is 33.8 Å². The smallest absolute Gasteiger partial charge is 0.344 e. The van der Waals surface area contributed by atoms with Crippen molar-refractivity contribution in [1.29, 1.82) is 0 Å². The van der Waals surface area contributed by atoms with Crippen LogP contribution in [0.15, 0.2) is 106 Å². The Morgan fingerprint density at radius 2 is 1.79 bits per heavy atom. The Hall–Kier alpha value is -3.94. The molecule has 8 heteroatoms. The summed E-state index contributed by atoms with van der Waals surface area (Å²) in [5.41, 5.74) is 2.70. The summed E-state index contributed by atoms with van der Waals surface area (Å²) in [4.78, 5) is 17.9. The van der Waals surface area contributed by atoms with E-state index >= 15 is 0 Å². The molecule has 5 rings (SSSR count). The molecule has 0 unspecified atom stereocenters. The highest BCUT2D eigenvalue weighted by molar-refractivity contribution is 8.18. The largest absolute Gasteiger partial charge is 0.506 e. The summed E-state index contributed by atoms with van der Waals surface area (Å²) < 4.78 is 13.2. The number of carbonyl (C=O) groups is 1. The number of aliphatic hydroxyl groups is 1. The number of aliphatic imine (C=N–C) groups is 1. The first-order valence-electron chi connectivity index (χ1n) is 12.1. The van der Waals surface area contributed by atoms with Gasteiger partial charge in [0.25, 0.3) is 0 Å². The second-order valence-corrected chi connectivity index (χ2v) is 9.87. The van der Waals surface area contributed by atoms with Crippen LogP contribution in [0.25, 0.3) is 17.0 Å². The molecule has 0 aliphatic carbocycles. The Labute approximate surface area is 229 Å². The van der Waals surface area contributed by atoms with Gasteiger partial charge in [0.2, 0.25) is 0 Å². The predicted molar refractivity (Wildman–Crippen MR) is 154 cm³/mol. The third-order valence-corrected chi connectivity index (χ3v) is 7.15. The number of fused-ring (bicyclic) bond motifs is 1. The monoisotopic (exact) mass is 544 g/mol. The van der Waals surface area contributed by atoms with Crippen molar-refractivity contribution in [3.63, 3.8) is 0 Å². The van der Waals surface area contributed by atoms with Crippen LogP contribution >= 0.6 is 23.4 Å². The number of carbonyl (C=O) groups excluding carboxylic acids is 1. The number of ether oxygens (including phenoxy) is 2. The SMILES string of the molecule is CCOC(=O)C1=C(O)/C(=C/c2cn(CCOc3ccc(Cl)cc3)c3ccccc23)SC1=Nc1ccccc1. The van der Waals surface area contributed by atoms with E-state index in [0.717, 1.165) is 22.2 Å². The Morgan fingerprint density at radius 1 is 1.05 bits per heavy atom. The molecular weight excluding hydrogens is 520 g/mol. The van der Waals surface area contributed by atoms with Gasteiger partial charge < -0.3 is 19.1 Å². The topological polar surface area (TPSA) is 73.0 Å². The Kier molecular flexibility index (Phi) is 7.86. The van der Waals surface area contributed by atoms with Crippen molar-refractivity contribution in [2.75, 3.05) is 13.2 Å². The molecule has 38 heavy (non-hydrogen) atoms. The van der Waals surface area contributed by atoms with Crippen LogP contribution in [-0.2, 0) is 16.1 Å². The van der Waals surface area contributed by atoms with Crippen molar-refractivity contribution in [1.82, 2.24) is 4.57 Å². The molecule has 0 saturated carbocycles. The Morgan fingerprint density at radius 3 is 2.55 bits per heavy atom. The van der Waals surface area contributed by atoms with Gasteiger partial charge in [0.05, 0.1) is 23.7 Å². The van der Waals surface area contributed by atoms with Gasteiger partial charge in [-0.15, -0.1) is 0 Å². The number of hydrogen-bond acceptors (Lipinski definition) is 6. The average Bonchev–Trinajstić information content (AvgIpc) is 3.43. The second kappa shape index (κ2) is 11.6. The van der Waals surface area contributed by atoms with Gasteiger partial charge in [-0.2, -0.15) is 0 Å². The molecule has 0 spiro atoms. The zero-order valence-electron chi connectivity index (χ0n) is 20.6. The molecule has 3 aromatic carbocycles. The van der Waals surface area contributed by atoms with Gasteiger partial charge in [-0.1, -0.05) is 59.8 Å². The molecular formula is C30H25ClN2O4S. The van der Waals surface area contributed by atoms with Crippen molar-refractivity contribution >= 4 is 57.0 Å². The van der Waals surface area contributed by atoms with Gasteiger partial charge >= 0.3 is 5.97 Å². The van der Waals surface area contributed by atoms with Gasteiger partial charge in [0, 0.05) is 27.7 Å². The average molecular weight is 545 g/mol. The first-order valence-corrected chi connectivity index (χ1v) is 13.3. The molecule has 0 saturated heterocycles. The molecule has 0 bridgehead atoms. The zero-order valence-corrected chi connectivity index (χ0v) is 22.2. The maximum atomic E-state index is 12.7. The van der Waals surface area contributed by atoms with Crippen molar-refractivity contribution in [3.8, 4) is 5.75 Å². The van der Waals surface area contributed by atoms with E-state index in [2.05, 4.69) is 9.56 Å². The molecule has 1 aliphatic rings. The molecule has 0 fully saturated rings. The van der Waals surface area contributed by atoms with E-state index < -0.39 is 5.97 Å². The molecule has 6 nitrogen and oxygen atoms in total. The molecule has 1 aliphatic heterocycles. The van der Waals surface area contributed by atoms with Crippen LogP contribution in [0, 0.1) is 0 Å². The molecule has 4 aromatic rings. The van der Waals surface area contributed by atoms with Crippen LogP contribution in [0.5, 0.6) is 5.75 Å². The van der Waals surface area contributed by atoms with E-state index in [4.69, 9.17) is 21.1 Å². The van der Waals surface area contributed by atoms with Gasteiger partial charge in [-0.3, -0.25) is 0 Å². The van der Waals surface area contributed by atoms with Gasteiger partial charge in [-0.05, 0) is 55.5 Å². The number of rotatable bonds is 8. The van der Waals surface area contributed by atoms with E-state index in [1.54, 1.807) is 19.1 Å². The number of para-hydroxylation sites is 2. The first-order chi connectivity index (χ1) is 18.5. The highest BCUT2D eigenvalue weighted by Crippen LogP contribution is 2.41. The number of hydrogen-bond donors (Lipinski definition) is 1. The Bertz CT molecular complexity index is 1560. The summed E-state index contributed by atoms with van der Waals surface area (Å²) in [6.45, 7) is 3.02. The first kappa shape index (κ1) is 25.7. The fraction of sp³-hybridized carbons (Fsp3) is 0.133. The predicted octanol–water partition coefficient (Wildman–Crippen LogP) is 7.57. The Balaban J connectivity index is 1.46. The van der Waals surface area contributed by atoms with Crippen molar-refractivity contribution < 1.29 is 19.4 Å². The summed E-state index contributed by atoms with van der Waals surface area (Å²) in [5, 5.41) is 13.2. The molecule has 192 valence electrons. The molecule has 0 atom stereocenters. The van der Waals surface area contributed by atoms with E-state index in [1.165, 1.54) is 11.8 Å². The third kappa shape index (κ3) is 5.64. The lowest BCUT2D eigenvalue weighted by atomic mass is 10.1. The molecule has 0 radical (unpaired) electrons. The summed E-state index contributed by atoms with van der Waals surface area (Å²) >= 11 is 7.21. The maximum Gasteiger partial charge on any atom is 0.344 e. The second-order valence-electron chi connectivity index (χ2n) is 8.40. The third-order valence-electron chi connectivity index (χ3n) is 5.88. The fourth-order valence-electron chi connectivity index (χ4n) is 4.12. The lowest BCUT2D eigenvalue weighted by molar-refractivity contribution is -0.138. The minimum absolute atomic E-state index is 0.0760. The zero-order chi connectivity index (χ0) is 26.5. The van der Waals surface area contributed by atoms with Crippen LogP contribution in [0.1, 0.15) is 12.5 Å². The van der Waals surface area contributed by atoms with Crippen LogP contribution in [0.3, 0.4) is 0 Å². The molecule has 0 amide bonds. The number of halogens is 1. The number of esters is 1. The lowest BCUT2D eigenvalue weighted by Crippen LogP contribution is -2.12. The highest BCUT2D eigenvalue weighted by atomic mass is 35.5. The summed E-state index contributed by atoms with van der Waals surface area (Å²) in [6.07, 6.45) is 3.90. The van der Waals surface area contributed by atoms with Gasteiger partial charge in [-0.25, -0.2) is 9.79 Å². The summed E-state index contributed by atoms with van der Waals surface area (Å²) in [6, 6.07) is 24.6. The normalized spacial score (nSPS) is 15.5. The number of benzene rings is 3. The van der Waals surface area contributed by atoms with E-state index in [1.807, 2.05) is 79.0 Å². The van der Waals surface area contributed by atoms with Gasteiger partial charge in [0.15, 0.2) is 0 Å². The minimum atomic E-state index is -0.600. The highest BCUT2D eigenvalue weighted by Gasteiger charge is 2.33.